The maximum atomic E-state index is 4.71. The third kappa shape index (κ3) is 2.35. The van der Waals surface area contributed by atoms with E-state index in [1.807, 2.05) is 22.8 Å². The fourth-order valence-electron chi connectivity index (χ4n) is 2.68. The van der Waals surface area contributed by atoms with Crippen LogP contribution in [0.25, 0.3) is 5.65 Å². The maximum Gasteiger partial charge on any atom is 0.157 e. The SMILES string of the molecule is C[C@@H]1CC1c1cc(NCc2cccnc2)n2nccc2n1. The summed E-state index contributed by atoms with van der Waals surface area (Å²) in [5, 5.41) is 7.80. The minimum Gasteiger partial charge on any atom is -0.366 e. The predicted molar refractivity (Wildman–Crippen MR) is 81.1 cm³/mol. The zero-order valence-corrected chi connectivity index (χ0v) is 11.9. The molecule has 0 saturated heterocycles. The molecule has 0 bridgehead atoms. The molecule has 4 rings (SSSR count). The molecule has 0 radical (unpaired) electrons. The zero-order valence-electron chi connectivity index (χ0n) is 11.9. The van der Waals surface area contributed by atoms with Crippen LogP contribution in [0.3, 0.4) is 0 Å². The van der Waals surface area contributed by atoms with Crippen LogP contribution in [-0.2, 0) is 6.54 Å². The number of hydrogen-bond acceptors (Lipinski definition) is 4. The summed E-state index contributed by atoms with van der Waals surface area (Å²) in [6.45, 7) is 3.00. The van der Waals surface area contributed by atoms with Crippen molar-refractivity contribution in [2.45, 2.75) is 25.8 Å². The number of nitrogens with zero attached hydrogens (tertiary/aromatic N) is 4. The van der Waals surface area contributed by atoms with E-state index in [1.54, 1.807) is 12.4 Å². The standard InChI is InChI=1S/C16H17N5/c1-11-7-13(11)14-8-16(21-15(20-14)4-6-19-21)18-10-12-3-2-5-17-9-12/h2-6,8-9,11,13,18H,7,10H2,1H3/t11-,13?/m1/s1. The Balaban J connectivity index is 1.65. The van der Waals surface area contributed by atoms with E-state index in [4.69, 9.17) is 4.98 Å². The fourth-order valence-corrected chi connectivity index (χ4v) is 2.68. The molecule has 1 aliphatic rings. The predicted octanol–water partition coefficient (Wildman–Crippen LogP) is 2.86. The van der Waals surface area contributed by atoms with Gasteiger partial charge in [0.05, 0.1) is 6.20 Å². The van der Waals surface area contributed by atoms with Gasteiger partial charge < -0.3 is 5.32 Å². The molecule has 1 unspecified atom stereocenters. The Kier molecular flexibility index (Phi) is 2.84. The summed E-state index contributed by atoms with van der Waals surface area (Å²) in [6.07, 6.45) is 6.68. The van der Waals surface area contributed by atoms with Crippen molar-refractivity contribution in [1.82, 2.24) is 19.6 Å². The lowest BCUT2D eigenvalue weighted by Gasteiger charge is -2.10. The molecule has 2 atom stereocenters. The van der Waals surface area contributed by atoms with Gasteiger partial charge in [0.1, 0.15) is 5.82 Å². The first-order valence-electron chi connectivity index (χ1n) is 7.29. The Bertz CT molecular complexity index is 765. The van der Waals surface area contributed by atoms with Gasteiger partial charge in [-0.05, 0) is 24.0 Å². The van der Waals surface area contributed by atoms with Gasteiger partial charge in [-0.1, -0.05) is 13.0 Å². The monoisotopic (exact) mass is 279 g/mol. The summed E-state index contributed by atoms with van der Waals surface area (Å²) < 4.78 is 1.85. The molecular weight excluding hydrogens is 262 g/mol. The highest BCUT2D eigenvalue weighted by atomic mass is 15.3. The van der Waals surface area contributed by atoms with E-state index >= 15 is 0 Å². The second kappa shape index (κ2) is 4.84. The number of aromatic nitrogens is 4. The van der Waals surface area contributed by atoms with Crippen LogP contribution in [0.4, 0.5) is 5.82 Å². The van der Waals surface area contributed by atoms with Gasteiger partial charge in [-0.25, -0.2) is 4.98 Å². The first-order chi connectivity index (χ1) is 10.3. The van der Waals surface area contributed by atoms with Gasteiger partial charge in [-0.2, -0.15) is 9.61 Å². The largest absolute Gasteiger partial charge is 0.366 e. The average Bonchev–Trinajstić information content (AvgIpc) is 3.06. The lowest BCUT2D eigenvalue weighted by Crippen LogP contribution is -2.07. The number of nitrogens with one attached hydrogen (secondary N) is 1. The average molecular weight is 279 g/mol. The molecule has 3 aromatic heterocycles. The van der Waals surface area contributed by atoms with Crippen molar-refractivity contribution in [3.8, 4) is 0 Å². The van der Waals surface area contributed by atoms with E-state index in [0.29, 0.717) is 5.92 Å². The summed E-state index contributed by atoms with van der Waals surface area (Å²) >= 11 is 0. The quantitative estimate of drug-likeness (QED) is 0.798. The van der Waals surface area contributed by atoms with Crippen molar-refractivity contribution in [1.29, 1.82) is 0 Å². The van der Waals surface area contributed by atoms with Gasteiger partial charge in [-0.15, -0.1) is 0 Å². The van der Waals surface area contributed by atoms with Gasteiger partial charge in [0.2, 0.25) is 0 Å². The molecule has 1 aliphatic carbocycles. The Labute approximate surface area is 123 Å². The van der Waals surface area contributed by atoms with E-state index in [9.17, 15) is 0 Å². The smallest absolute Gasteiger partial charge is 0.157 e. The number of anilines is 1. The second-order valence-corrected chi connectivity index (χ2v) is 5.70. The highest BCUT2D eigenvalue weighted by molar-refractivity contribution is 5.50. The Morgan fingerprint density at radius 2 is 2.24 bits per heavy atom. The summed E-state index contributed by atoms with van der Waals surface area (Å²) in [5.41, 5.74) is 3.22. The summed E-state index contributed by atoms with van der Waals surface area (Å²) in [7, 11) is 0. The van der Waals surface area contributed by atoms with E-state index in [2.05, 4.69) is 34.5 Å². The van der Waals surface area contributed by atoms with Crippen LogP contribution in [0.1, 0.15) is 30.5 Å². The normalized spacial score (nSPS) is 20.6. The molecule has 106 valence electrons. The lowest BCUT2D eigenvalue weighted by molar-refractivity contribution is 0.860. The van der Waals surface area contributed by atoms with Gasteiger partial charge in [0.25, 0.3) is 0 Å². The number of pyridine rings is 1. The maximum absolute atomic E-state index is 4.71. The van der Waals surface area contributed by atoms with Crippen LogP contribution >= 0.6 is 0 Å². The van der Waals surface area contributed by atoms with E-state index in [0.717, 1.165) is 29.5 Å². The molecule has 0 amide bonds. The topological polar surface area (TPSA) is 55.1 Å². The molecule has 1 saturated carbocycles. The molecule has 21 heavy (non-hydrogen) atoms. The van der Waals surface area contributed by atoms with Crippen LogP contribution < -0.4 is 5.32 Å². The molecule has 5 nitrogen and oxygen atoms in total. The molecule has 1 fully saturated rings. The number of hydrogen-bond donors (Lipinski definition) is 1. The number of rotatable bonds is 4. The van der Waals surface area contributed by atoms with Crippen molar-refractivity contribution in [3.63, 3.8) is 0 Å². The number of fused-ring (bicyclic) bond motifs is 1. The van der Waals surface area contributed by atoms with Crippen LogP contribution in [-0.4, -0.2) is 19.6 Å². The second-order valence-electron chi connectivity index (χ2n) is 5.70. The molecule has 1 N–H and O–H groups in total. The summed E-state index contributed by atoms with van der Waals surface area (Å²) in [4.78, 5) is 8.85. The minimum atomic E-state index is 0.601. The van der Waals surface area contributed by atoms with Crippen molar-refractivity contribution < 1.29 is 0 Å². The molecule has 0 aliphatic heterocycles. The highest BCUT2D eigenvalue weighted by Gasteiger charge is 2.35. The van der Waals surface area contributed by atoms with Crippen molar-refractivity contribution in [2.24, 2.45) is 5.92 Å². The van der Waals surface area contributed by atoms with Crippen LogP contribution in [0.5, 0.6) is 0 Å². The van der Waals surface area contributed by atoms with Crippen molar-refractivity contribution >= 4 is 11.5 Å². The van der Waals surface area contributed by atoms with E-state index < -0.39 is 0 Å². The molecular formula is C16H17N5. The molecule has 0 aromatic carbocycles. The highest BCUT2D eigenvalue weighted by Crippen LogP contribution is 2.46. The van der Waals surface area contributed by atoms with Gasteiger partial charge >= 0.3 is 0 Å². The Hall–Kier alpha value is -2.43. The fraction of sp³-hybridized carbons (Fsp3) is 0.312. The summed E-state index contributed by atoms with van der Waals surface area (Å²) in [6, 6.07) is 8.09. The first kappa shape index (κ1) is 12.3. The van der Waals surface area contributed by atoms with Crippen molar-refractivity contribution in [3.05, 3.63) is 54.1 Å². The van der Waals surface area contributed by atoms with Gasteiger partial charge in [0, 0.05) is 42.7 Å². The molecule has 5 heteroatoms. The third-order valence-corrected chi connectivity index (χ3v) is 4.06. The van der Waals surface area contributed by atoms with E-state index in [1.165, 1.54) is 12.1 Å². The van der Waals surface area contributed by atoms with Crippen LogP contribution in [0.15, 0.2) is 42.9 Å². The zero-order chi connectivity index (χ0) is 14.2. The van der Waals surface area contributed by atoms with E-state index in [-0.39, 0.29) is 0 Å². The summed E-state index contributed by atoms with van der Waals surface area (Å²) in [5.74, 6) is 2.33. The lowest BCUT2D eigenvalue weighted by atomic mass is 10.2. The van der Waals surface area contributed by atoms with Crippen LogP contribution in [0.2, 0.25) is 0 Å². The Morgan fingerprint density at radius 3 is 3.00 bits per heavy atom. The Morgan fingerprint density at radius 1 is 1.33 bits per heavy atom. The van der Waals surface area contributed by atoms with Crippen molar-refractivity contribution in [2.75, 3.05) is 5.32 Å². The minimum absolute atomic E-state index is 0.601. The van der Waals surface area contributed by atoms with Crippen LogP contribution in [0, 0.1) is 5.92 Å². The molecule has 3 heterocycles. The third-order valence-electron chi connectivity index (χ3n) is 4.06. The van der Waals surface area contributed by atoms with Gasteiger partial charge in [0.15, 0.2) is 5.65 Å². The molecule has 0 spiro atoms. The first-order valence-corrected chi connectivity index (χ1v) is 7.29. The van der Waals surface area contributed by atoms with Gasteiger partial charge in [-0.3, -0.25) is 4.98 Å². The molecule has 3 aromatic rings.